The number of nitrogens with one attached hydrogen (secondary N) is 1. The van der Waals surface area contributed by atoms with Gasteiger partial charge in [0.2, 0.25) is 0 Å². The van der Waals surface area contributed by atoms with Gasteiger partial charge in [-0.3, -0.25) is 4.79 Å². The summed E-state index contributed by atoms with van der Waals surface area (Å²) in [5.74, 6) is 1.58. The fraction of sp³-hybridized carbons (Fsp3) is 0.667. The van der Waals surface area contributed by atoms with Gasteiger partial charge in [-0.15, -0.1) is 5.10 Å². The third-order valence-corrected chi connectivity index (χ3v) is 15.6. The molecule has 0 aliphatic heterocycles. The zero-order valence-electron chi connectivity index (χ0n) is 28.2. The summed E-state index contributed by atoms with van der Waals surface area (Å²) in [4.78, 5) is 16.4. The van der Waals surface area contributed by atoms with E-state index >= 15 is 0 Å². The summed E-state index contributed by atoms with van der Waals surface area (Å²) in [7, 11) is 0. The molecule has 0 unspecified atom stereocenters. The van der Waals surface area contributed by atoms with E-state index in [1.807, 2.05) is 6.20 Å². The van der Waals surface area contributed by atoms with Crippen LogP contribution in [0.15, 0.2) is 42.6 Å². The number of carbonyl (C=O) groups is 1. The maximum absolute atomic E-state index is 13.0. The van der Waals surface area contributed by atoms with Crippen LogP contribution >= 0.6 is 0 Å². The van der Waals surface area contributed by atoms with Gasteiger partial charge in [-0.05, 0) is 128 Å². The molecule has 3 aromatic rings. The molecule has 2 aromatic heterocycles. The first-order chi connectivity index (χ1) is 21.3. The van der Waals surface area contributed by atoms with E-state index in [0.29, 0.717) is 23.7 Å². The Labute approximate surface area is 268 Å². The topological polar surface area (TPSA) is 83.8 Å². The molecule has 45 heavy (non-hydrogen) atoms. The Morgan fingerprint density at radius 3 is 2.56 bits per heavy atom. The molecule has 0 saturated heterocycles. The Kier molecular flexibility index (Phi) is 6.13. The quantitative estimate of drug-likeness (QED) is 0.291. The van der Waals surface area contributed by atoms with Crippen molar-refractivity contribution in [3.8, 4) is 0 Å². The summed E-state index contributed by atoms with van der Waals surface area (Å²) in [5, 5.41) is 21.8. The van der Waals surface area contributed by atoms with Gasteiger partial charge in [0, 0.05) is 22.5 Å². The van der Waals surface area contributed by atoms with Crippen LogP contribution in [0.5, 0.6) is 0 Å². The smallest absolute Gasteiger partial charge is 0.309 e. The van der Waals surface area contributed by atoms with Crippen molar-refractivity contribution in [2.75, 3.05) is 0 Å². The number of fused-ring (bicyclic) bond motifs is 9. The maximum Gasteiger partial charge on any atom is 0.309 e. The first kappa shape index (κ1) is 29.5. The van der Waals surface area contributed by atoms with E-state index in [9.17, 15) is 9.90 Å². The van der Waals surface area contributed by atoms with Crippen LogP contribution in [0, 0.1) is 51.2 Å². The normalized spacial score (nSPS) is 41.4. The summed E-state index contributed by atoms with van der Waals surface area (Å²) < 4.78 is 2.22. The number of carboxylic acid groups (broad SMARTS) is 1. The van der Waals surface area contributed by atoms with Crippen LogP contribution in [0.4, 0.5) is 0 Å². The van der Waals surface area contributed by atoms with E-state index in [4.69, 9.17) is 10.3 Å². The van der Waals surface area contributed by atoms with E-state index in [0.717, 1.165) is 45.1 Å². The fourth-order valence-corrected chi connectivity index (χ4v) is 13.6. The van der Waals surface area contributed by atoms with Gasteiger partial charge in [0.05, 0.1) is 23.3 Å². The Balaban J connectivity index is 1.16. The molecule has 0 radical (unpaired) electrons. The molecule has 0 bridgehead atoms. The van der Waals surface area contributed by atoms with Gasteiger partial charge in [-0.25, -0.2) is 4.68 Å². The molecule has 0 spiro atoms. The highest BCUT2D eigenvalue weighted by atomic mass is 16.4. The van der Waals surface area contributed by atoms with Crippen LogP contribution in [-0.2, 0) is 23.2 Å². The standard InChI is InChI=1S/C39H52N4O2/c1-23(2)25-13-17-39(34(44)45)19-18-37(6)27(32(25)39)11-12-31-36(5)21-29-33(35(3,4)30(36)14-16-38(31,37)7)43(42-41-29)22-24-9-8-10-28-26(24)15-20-40-28/h8-10,15,20,25,27,30-32,40H,1,11-14,16-19,21-22H2,2-7H3,(H,44,45)/t25-,27+,30-,31+,32+,36-,37+,38+,39-/m0/s1. The van der Waals surface area contributed by atoms with Gasteiger partial charge in [0.1, 0.15) is 0 Å². The summed E-state index contributed by atoms with van der Waals surface area (Å²) in [6, 6.07) is 8.67. The number of carboxylic acids is 1. The zero-order chi connectivity index (χ0) is 31.7. The number of rotatable bonds is 4. The number of H-pyrrole nitrogens is 1. The highest BCUT2D eigenvalue weighted by Crippen LogP contribution is 2.77. The molecule has 4 saturated carbocycles. The van der Waals surface area contributed by atoms with E-state index in [2.05, 4.69) is 82.1 Å². The highest BCUT2D eigenvalue weighted by molar-refractivity contribution is 5.82. The van der Waals surface area contributed by atoms with Gasteiger partial charge in [0.25, 0.3) is 0 Å². The Hall–Kier alpha value is -2.89. The second kappa shape index (κ2) is 9.35. The van der Waals surface area contributed by atoms with Crippen molar-refractivity contribution < 1.29 is 9.90 Å². The SMILES string of the molecule is C=C(C)[C@@H]1CC[C@]2(C(=O)O)CC[C@]3(C)[C@H](CC[C@@H]4[C@@]5(C)Cc6nnn(Cc7cccc8[nH]ccc78)c6C(C)(C)[C@@H]5CC[C@]43C)[C@@H]12. The lowest BCUT2D eigenvalue weighted by Crippen LogP contribution is -2.67. The van der Waals surface area contributed by atoms with Crippen molar-refractivity contribution in [3.63, 3.8) is 0 Å². The molecule has 8 rings (SSSR count). The summed E-state index contributed by atoms with van der Waals surface area (Å²) in [6.07, 6.45) is 11.4. The van der Waals surface area contributed by atoms with Gasteiger partial charge in [0.15, 0.2) is 0 Å². The van der Waals surface area contributed by atoms with Gasteiger partial charge in [-0.2, -0.15) is 0 Å². The minimum atomic E-state index is -0.566. The minimum absolute atomic E-state index is 0.0432. The number of hydrogen-bond donors (Lipinski definition) is 2. The highest BCUT2D eigenvalue weighted by Gasteiger charge is 2.72. The van der Waals surface area contributed by atoms with Crippen molar-refractivity contribution in [1.29, 1.82) is 0 Å². The maximum atomic E-state index is 13.0. The number of aliphatic carboxylic acids is 1. The predicted molar refractivity (Wildman–Crippen MR) is 178 cm³/mol. The summed E-state index contributed by atoms with van der Waals surface area (Å²) in [6.45, 7) is 20.1. The molecule has 9 atom stereocenters. The lowest BCUT2D eigenvalue weighted by molar-refractivity contribution is -0.228. The van der Waals surface area contributed by atoms with Crippen LogP contribution in [0.3, 0.4) is 0 Å². The van der Waals surface area contributed by atoms with E-state index < -0.39 is 11.4 Å². The molecule has 2 heterocycles. The molecule has 2 N–H and O–H groups in total. The first-order valence-electron chi connectivity index (χ1n) is 17.6. The second-order valence-corrected chi connectivity index (χ2v) is 17.4. The van der Waals surface area contributed by atoms with Crippen LogP contribution in [0.25, 0.3) is 10.9 Å². The molecular weight excluding hydrogens is 556 g/mol. The molecule has 6 heteroatoms. The van der Waals surface area contributed by atoms with Crippen LogP contribution < -0.4 is 0 Å². The Bertz CT molecular complexity index is 1720. The van der Waals surface area contributed by atoms with Crippen LogP contribution in [0.2, 0.25) is 0 Å². The summed E-state index contributed by atoms with van der Waals surface area (Å²) in [5.41, 5.74) is 5.99. The van der Waals surface area contributed by atoms with Crippen molar-refractivity contribution in [1.82, 2.24) is 20.0 Å². The van der Waals surface area contributed by atoms with E-state index in [-0.39, 0.29) is 27.6 Å². The van der Waals surface area contributed by atoms with Gasteiger partial charge < -0.3 is 10.1 Å². The monoisotopic (exact) mass is 608 g/mol. The predicted octanol–water partition coefficient (Wildman–Crippen LogP) is 8.56. The Morgan fingerprint density at radius 2 is 1.80 bits per heavy atom. The first-order valence-corrected chi connectivity index (χ1v) is 17.6. The number of aromatic nitrogens is 4. The van der Waals surface area contributed by atoms with Gasteiger partial charge >= 0.3 is 5.97 Å². The van der Waals surface area contributed by atoms with Crippen LogP contribution in [-0.4, -0.2) is 31.1 Å². The lowest BCUT2D eigenvalue weighted by atomic mass is 9.32. The van der Waals surface area contributed by atoms with Crippen molar-refractivity contribution in [2.45, 2.75) is 111 Å². The minimum Gasteiger partial charge on any atom is -0.481 e. The van der Waals surface area contributed by atoms with Crippen molar-refractivity contribution >= 4 is 16.9 Å². The number of benzene rings is 1. The molecular formula is C39H52N4O2. The molecule has 6 nitrogen and oxygen atoms in total. The molecule has 240 valence electrons. The van der Waals surface area contributed by atoms with Gasteiger partial charge in [-0.1, -0.05) is 64.1 Å². The average molecular weight is 609 g/mol. The van der Waals surface area contributed by atoms with Crippen molar-refractivity contribution in [3.05, 3.63) is 59.6 Å². The lowest BCUT2D eigenvalue weighted by Gasteiger charge is -2.72. The molecule has 1 aromatic carbocycles. The largest absolute Gasteiger partial charge is 0.481 e. The molecule has 0 amide bonds. The average Bonchev–Trinajstić information content (AvgIpc) is 3.71. The third-order valence-electron chi connectivity index (χ3n) is 15.6. The van der Waals surface area contributed by atoms with Crippen LogP contribution in [0.1, 0.15) is 110 Å². The summed E-state index contributed by atoms with van der Waals surface area (Å²) >= 11 is 0. The number of nitrogens with zero attached hydrogens (tertiary/aromatic N) is 3. The second-order valence-electron chi connectivity index (χ2n) is 17.4. The van der Waals surface area contributed by atoms with E-state index in [1.54, 1.807) is 0 Å². The van der Waals surface area contributed by atoms with E-state index in [1.165, 1.54) is 52.7 Å². The number of hydrogen-bond acceptors (Lipinski definition) is 3. The fourth-order valence-electron chi connectivity index (χ4n) is 13.6. The third kappa shape index (κ3) is 3.60. The number of allylic oxidation sites excluding steroid dienone is 1. The molecule has 4 fully saturated rings. The molecule has 5 aliphatic rings. The molecule has 5 aliphatic carbocycles. The zero-order valence-corrected chi connectivity index (χ0v) is 28.2. The van der Waals surface area contributed by atoms with Crippen molar-refractivity contribution in [2.24, 2.45) is 51.2 Å². The Morgan fingerprint density at radius 1 is 1.00 bits per heavy atom. The number of aromatic amines is 1.